The fourth-order valence-electron chi connectivity index (χ4n) is 2.67. The van der Waals surface area contributed by atoms with Gasteiger partial charge in [-0.15, -0.1) is 0 Å². The Balaban J connectivity index is 1.79. The molecule has 1 atom stereocenters. The number of carbonyl (C=O) groups is 2. The van der Waals surface area contributed by atoms with Gasteiger partial charge in [-0.05, 0) is 24.3 Å². The van der Waals surface area contributed by atoms with E-state index in [4.69, 9.17) is 14.7 Å². The predicted molar refractivity (Wildman–Crippen MR) is 93.9 cm³/mol. The van der Waals surface area contributed by atoms with Gasteiger partial charge < -0.3 is 19.7 Å². The molecule has 1 N–H and O–H groups in total. The highest BCUT2D eigenvalue weighted by Gasteiger charge is 2.33. The molecule has 2 amide bonds. The molecule has 1 heterocycles. The summed E-state index contributed by atoms with van der Waals surface area (Å²) in [4.78, 5) is 26.2. The van der Waals surface area contributed by atoms with Crippen molar-refractivity contribution in [2.75, 3.05) is 25.1 Å². The average molecular weight is 351 g/mol. The first-order valence-electron chi connectivity index (χ1n) is 8.03. The molecular weight excluding hydrogens is 334 g/mol. The van der Waals surface area contributed by atoms with Gasteiger partial charge in [0.05, 0.1) is 17.8 Å². The number of nitriles is 1. The van der Waals surface area contributed by atoms with Crippen molar-refractivity contribution in [1.29, 1.82) is 5.26 Å². The minimum Gasteiger partial charge on any atom is -0.482 e. The number of benzene rings is 2. The molecule has 0 unspecified atom stereocenters. The van der Waals surface area contributed by atoms with Gasteiger partial charge in [0.2, 0.25) is 0 Å². The van der Waals surface area contributed by atoms with E-state index >= 15 is 0 Å². The number of carbonyl (C=O) groups excluding carboxylic acids is 2. The standard InChI is InChI=1S/C19H17N3O4/c1-21-19(24)17-11-22(14-7-3-5-9-16(14)26-17)18(23)12-25-15-8-4-2-6-13(15)10-20/h2-9,17H,11-12H2,1H3,(H,21,24)/t17-/m0/s1. The highest BCUT2D eigenvalue weighted by Crippen LogP contribution is 2.33. The number of nitrogens with zero attached hydrogens (tertiary/aromatic N) is 2. The topological polar surface area (TPSA) is 91.7 Å². The molecule has 1 aliphatic rings. The van der Waals surface area contributed by atoms with Gasteiger partial charge >= 0.3 is 0 Å². The Kier molecular flexibility index (Phi) is 5.04. The van der Waals surface area contributed by atoms with E-state index in [2.05, 4.69) is 5.32 Å². The number of rotatable bonds is 4. The largest absolute Gasteiger partial charge is 0.482 e. The van der Waals surface area contributed by atoms with Crippen LogP contribution in [0, 0.1) is 11.3 Å². The summed E-state index contributed by atoms with van der Waals surface area (Å²) in [6, 6.07) is 15.7. The number of para-hydroxylation sites is 3. The molecule has 7 nitrogen and oxygen atoms in total. The van der Waals surface area contributed by atoms with Crippen molar-refractivity contribution in [1.82, 2.24) is 5.32 Å². The molecule has 3 rings (SSSR count). The van der Waals surface area contributed by atoms with Crippen LogP contribution in [-0.4, -0.2) is 38.1 Å². The molecule has 0 saturated heterocycles. The molecule has 0 fully saturated rings. The first-order chi connectivity index (χ1) is 12.6. The third kappa shape index (κ3) is 3.44. The van der Waals surface area contributed by atoms with Gasteiger partial charge in [-0.25, -0.2) is 0 Å². The first kappa shape index (κ1) is 17.3. The van der Waals surface area contributed by atoms with Crippen LogP contribution < -0.4 is 19.7 Å². The van der Waals surface area contributed by atoms with Crippen molar-refractivity contribution in [3.8, 4) is 17.6 Å². The monoisotopic (exact) mass is 351 g/mol. The molecule has 0 spiro atoms. The quantitative estimate of drug-likeness (QED) is 0.901. The molecule has 2 aromatic carbocycles. The lowest BCUT2D eigenvalue weighted by molar-refractivity contribution is -0.128. The van der Waals surface area contributed by atoms with Crippen LogP contribution in [0.2, 0.25) is 0 Å². The van der Waals surface area contributed by atoms with Crippen LogP contribution in [-0.2, 0) is 9.59 Å². The van der Waals surface area contributed by atoms with Crippen LogP contribution in [0.1, 0.15) is 5.56 Å². The fourth-order valence-corrected chi connectivity index (χ4v) is 2.67. The first-order valence-corrected chi connectivity index (χ1v) is 8.03. The van der Waals surface area contributed by atoms with Crippen LogP contribution in [0.3, 0.4) is 0 Å². The smallest absolute Gasteiger partial charge is 0.265 e. The molecule has 7 heteroatoms. The molecule has 0 aliphatic carbocycles. The van der Waals surface area contributed by atoms with Crippen LogP contribution >= 0.6 is 0 Å². The number of hydrogen-bond donors (Lipinski definition) is 1. The Morgan fingerprint density at radius 1 is 1.27 bits per heavy atom. The molecule has 0 bridgehead atoms. The van der Waals surface area contributed by atoms with Crippen molar-refractivity contribution in [3.05, 3.63) is 54.1 Å². The molecule has 26 heavy (non-hydrogen) atoms. The number of fused-ring (bicyclic) bond motifs is 1. The van der Waals surface area contributed by atoms with Crippen LogP contribution in [0.15, 0.2) is 48.5 Å². The summed E-state index contributed by atoms with van der Waals surface area (Å²) in [6.45, 7) is -0.174. The number of amides is 2. The number of ether oxygens (including phenoxy) is 2. The van der Waals surface area contributed by atoms with E-state index in [-0.39, 0.29) is 25.0 Å². The molecule has 1 aliphatic heterocycles. The van der Waals surface area contributed by atoms with Crippen molar-refractivity contribution < 1.29 is 19.1 Å². The van der Waals surface area contributed by atoms with E-state index in [1.165, 1.54) is 11.9 Å². The highest BCUT2D eigenvalue weighted by molar-refractivity contribution is 5.98. The van der Waals surface area contributed by atoms with Gasteiger partial charge in [0.15, 0.2) is 12.7 Å². The van der Waals surface area contributed by atoms with Gasteiger partial charge in [-0.1, -0.05) is 24.3 Å². The van der Waals surface area contributed by atoms with Gasteiger partial charge in [0.1, 0.15) is 17.6 Å². The van der Waals surface area contributed by atoms with Crippen molar-refractivity contribution >= 4 is 17.5 Å². The van der Waals surface area contributed by atoms with Crippen molar-refractivity contribution in [2.24, 2.45) is 0 Å². The molecule has 132 valence electrons. The Morgan fingerprint density at radius 3 is 2.77 bits per heavy atom. The average Bonchev–Trinajstić information content (AvgIpc) is 2.70. The van der Waals surface area contributed by atoms with Gasteiger partial charge in [-0.3, -0.25) is 9.59 Å². The van der Waals surface area contributed by atoms with E-state index in [1.807, 2.05) is 6.07 Å². The molecule has 0 saturated carbocycles. The minimum absolute atomic E-state index is 0.0821. The van der Waals surface area contributed by atoms with Gasteiger partial charge in [0, 0.05) is 7.05 Å². The second kappa shape index (κ2) is 7.57. The maximum Gasteiger partial charge on any atom is 0.265 e. The maximum absolute atomic E-state index is 12.7. The molecule has 2 aromatic rings. The summed E-state index contributed by atoms with van der Waals surface area (Å²) in [5, 5.41) is 11.6. The van der Waals surface area contributed by atoms with Crippen LogP contribution in [0.4, 0.5) is 5.69 Å². The Morgan fingerprint density at radius 2 is 2.00 bits per heavy atom. The Labute approximate surface area is 150 Å². The third-order valence-electron chi connectivity index (χ3n) is 3.97. The summed E-state index contributed by atoms with van der Waals surface area (Å²) >= 11 is 0. The highest BCUT2D eigenvalue weighted by atomic mass is 16.5. The minimum atomic E-state index is -0.801. The van der Waals surface area contributed by atoms with E-state index in [9.17, 15) is 9.59 Å². The SMILES string of the molecule is CNC(=O)[C@@H]1CN(C(=O)COc2ccccc2C#N)c2ccccc2O1. The Bertz CT molecular complexity index is 875. The lowest BCUT2D eigenvalue weighted by Crippen LogP contribution is -2.51. The summed E-state index contributed by atoms with van der Waals surface area (Å²) in [5.74, 6) is 0.154. The lowest BCUT2D eigenvalue weighted by atomic mass is 10.1. The van der Waals surface area contributed by atoms with Crippen LogP contribution in [0.25, 0.3) is 0 Å². The molecule has 0 aromatic heterocycles. The zero-order chi connectivity index (χ0) is 18.5. The summed E-state index contributed by atoms with van der Waals surface area (Å²) in [6.07, 6.45) is -0.801. The second-order valence-corrected chi connectivity index (χ2v) is 5.59. The number of nitrogens with one attached hydrogen (secondary N) is 1. The van der Waals surface area contributed by atoms with Gasteiger partial charge in [-0.2, -0.15) is 5.26 Å². The fraction of sp³-hybridized carbons (Fsp3) is 0.211. The third-order valence-corrected chi connectivity index (χ3v) is 3.97. The summed E-state index contributed by atoms with van der Waals surface area (Å²) < 4.78 is 11.2. The van der Waals surface area contributed by atoms with E-state index in [0.29, 0.717) is 22.7 Å². The Hall–Kier alpha value is -3.53. The lowest BCUT2D eigenvalue weighted by Gasteiger charge is -2.33. The van der Waals surface area contributed by atoms with Crippen LogP contribution in [0.5, 0.6) is 11.5 Å². The molecule has 0 radical (unpaired) electrons. The van der Waals surface area contributed by atoms with Crippen molar-refractivity contribution in [2.45, 2.75) is 6.10 Å². The summed E-state index contributed by atoms with van der Waals surface area (Å²) in [5.41, 5.74) is 0.931. The maximum atomic E-state index is 12.7. The molecular formula is C19H17N3O4. The number of likely N-dealkylation sites (N-methyl/N-ethyl adjacent to an activating group) is 1. The zero-order valence-corrected chi connectivity index (χ0v) is 14.1. The number of anilines is 1. The summed E-state index contributed by atoms with van der Waals surface area (Å²) in [7, 11) is 1.51. The van der Waals surface area contributed by atoms with E-state index in [0.717, 1.165) is 0 Å². The number of hydrogen-bond acceptors (Lipinski definition) is 5. The zero-order valence-electron chi connectivity index (χ0n) is 14.1. The normalized spacial score (nSPS) is 15.2. The second-order valence-electron chi connectivity index (χ2n) is 5.59. The van der Waals surface area contributed by atoms with E-state index < -0.39 is 6.10 Å². The van der Waals surface area contributed by atoms with Gasteiger partial charge in [0.25, 0.3) is 11.8 Å². The predicted octanol–water partition coefficient (Wildman–Crippen LogP) is 1.48. The van der Waals surface area contributed by atoms with E-state index in [1.54, 1.807) is 48.5 Å². The van der Waals surface area contributed by atoms with Crippen molar-refractivity contribution in [3.63, 3.8) is 0 Å².